The van der Waals surface area contributed by atoms with Crippen LogP contribution >= 0.6 is 0 Å². The van der Waals surface area contributed by atoms with Crippen LogP contribution in [-0.2, 0) is 14.3 Å². The number of nitrogens with zero attached hydrogens (tertiary/aromatic N) is 1. The Morgan fingerprint density at radius 1 is 1.30 bits per heavy atom. The van der Waals surface area contributed by atoms with Gasteiger partial charge in [0.25, 0.3) is 5.91 Å². The summed E-state index contributed by atoms with van der Waals surface area (Å²) in [6, 6.07) is 8.60. The highest BCUT2D eigenvalue weighted by molar-refractivity contribution is 5.95. The SMILES string of the molecule is C[C@@H](OC(=O)C12C[C@@H]3C[C@@H](CC(O)(C3)C1)C2)C(=O)Nc1cccc(C#N)c1. The molecule has 4 fully saturated rings. The molecule has 142 valence electrons. The van der Waals surface area contributed by atoms with Gasteiger partial charge in [-0.05, 0) is 75.5 Å². The molecular weight excluding hydrogens is 344 g/mol. The molecule has 0 aliphatic heterocycles. The van der Waals surface area contributed by atoms with Crippen molar-refractivity contribution in [3.8, 4) is 6.07 Å². The van der Waals surface area contributed by atoms with E-state index in [1.54, 1.807) is 31.2 Å². The van der Waals surface area contributed by atoms with Gasteiger partial charge in [0, 0.05) is 5.69 Å². The molecule has 0 spiro atoms. The Balaban J connectivity index is 1.42. The molecule has 2 unspecified atom stereocenters. The maximum atomic E-state index is 13.0. The first-order valence-corrected chi connectivity index (χ1v) is 9.55. The fourth-order valence-corrected chi connectivity index (χ4v) is 5.70. The number of aliphatic hydroxyl groups is 1. The normalized spacial score (nSPS) is 34.6. The van der Waals surface area contributed by atoms with E-state index in [2.05, 4.69) is 5.32 Å². The van der Waals surface area contributed by atoms with Crippen LogP contribution in [0, 0.1) is 28.6 Å². The molecule has 6 heteroatoms. The first-order chi connectivity index (χ1) is 12.8. The number of nitrogens with one attached hydrogen (secondary N) is 1. The summed E-state index contributed by atoms with van der Waals surface area (Å²) in [5.74, 6) is -0.0337. The zero-order valence-electron chi connectivity index (χ0n) is 15.4. The van der Waals surface area contributed by atoms with Gasteiger partial charge in [0.1, 0.15) is 0 Å². The summed E-state index contributed by atoms with van der Waals surface area (Å²) < 4.78 is 5.54. The van der Waals surface area contributed by atoms with Crippen LogP contribution < -0.4 is 5.32 Å². The second-order valence-corrected chi connectivity index (χ2v) is 8.70. The molecular formula is C21H24N2O4. The van der Waals surface area contributed by atoms with E-state index in [0.29, 0.717) is 29.5 Å². The lowest BCUT2D eigenvalue weighted by Crippen LogP contribution is -2.59. The molecule has 4 bridgehead atoms. The highest BCUT2D eigenvalue weighted by Crippen LogP contribution is 2.62. The quantitative estimate of drug-likeness (QED) is 0.796. The number of amides is 1. The number of rotatable bonds is 4. The molecule has 4 saturated carbocycles. The molecule has 0 radical (unpaired) electrons. The smallest absolute Gasteiger partial charge is 0.312 e. The van der Waals surface area contributed by atoms with Gasteiger partial charge in [0.2, 0.25) is 0 Å². The van der Waals surface area contributed by atoms with Gasteiger partial charge < -0.3 is 15.2 Å². The fraction of sp³-hybridized carbons (Fsp3) is 0.571. The third kappa shape index (κ3) is 3.32. The number of anilines is 1. The number of ether oxygens (including phenoxy) is 1. The minimum atomic E-state index is -0.939. The summed E-state index contributed by atoms with van der Waals surface area (Å²) in [5.41, 5.74) is -0.453. The van der Waals surface area contributed by atoms with Crippen LogP contribution in [0.3, 0.4) is 0 Å². The zero-order chi connectivity index (χ0) is 19.2. The number of benzene rings is 1. The van der Waals surface area contributed by atoms with Crippen molar-refractivity contribution in [2.75, 3.05) is 5.32 Å². The minimum Gasteiger partial charge on any atom is -0.452 e. The lowest BCUT2D eigenvalue weighted by Gasteiger charge is -2.58. The number of hydrogen-bond acceptors (Lipinski definition) is 5. The van der Waals surface area contributed by atoms with Gasteiger partial charge >= 0.3 is 5.97 Å². The summed E-state index contributed by atoms with van der Waals surface area (Å²) in [7, 11) is 0. The van der Waals surface area contributed by atoms with E-state index < -0.39 is 23.0 Å². The Morgan fingerprint density at radius 2 is 2.00 bits per heavy atom. The molecule has 0 saturated heterocycles. The highest BCUT2D eigenvalue weighted by Gasteiger charge is 2.61. The van der Waals surface area contributed by atoms with Crippen LogP contribution in [0.25, 0.3) is 0 Å². The van der Waals surface area contributed by atoms with Gasteiger partial charge in [-0.3, -0.25) is 9.59 Å². The Kier molecular flexibility index (Phi) is 4.23. The molecule has 5 rings (SSSR count). The molecule has 1 amide bonds. The summed E-state index contributed by atoms with van der Waals surface area (Å²) >= 11 is 0. The van der Waals surface area contributed by atoms with Crippen molar-refractivity contribution >= 4 is 17.6 Å². The van der Waals surface area contributed by atoms with E-state index in [-0.39, 0.29) is 5.97 Å². The van der Waals surface area contributed by atoms with Crippen molar-refractivity contribution in [2.45, 2.75) is 57.2 Å². The molecule has 0 heterocycles. The molecule has 1 aromatic rings. The van der Waals surface area contributed by atoms with Crippen LogP contribution in [0.5, 0.6) is 0 Å². The third-order valence-corrected chi connectivity index (χ3v) is 6.38. The van der Waals surface area contributed by atoms with E-state index in [0.717, 1.165) is 32.1 Å². The summed E-state index contributed by atoms with van der Waals surface area (Å²) in [4.78, 5) is 25.4. The average molecular weight is 368 g/mol. The van der Waals surface area contributed by atoms with Gasteiger partial charge in [0.15, 0.2) is 6.10 Å². The molecule has 4 aliphatic rings. The Bertz CT molecular complexity index is 814. The van der Waals surface area contributed by atoms with Crippen LogP contribution in [0.1, 0.15) is 51.0 Å². The van der Waals surface area contributed by atoms with Gasteiger partial charge in [-0.2, -0.15) is 5.26 Å². The maximum Gasteiger partial charge on any atom is 0.312 e. The molecule has 4 aliphatic carbocycles. The second-order valence-electron chi connectivity index (χ2n) is 8.70. The Labute approximate surface area is 158 Å². The van der Waals surface area contributed by atoms with Gasteiger partial charge in [0.05, 0.1) is 22.6 Å². The molecule has 2 N–H and O–H groups in total. The van der Waals surface area contributed by atoms with Crippen LogP contribution in [0.2, 0.25) is 0 Å². The van der Waals surface area contributed by atoms with Crippen molar-refractivity contribution in [3.63, 3.8) is 0 Å². The van der Waals surface area contributed by atoms with E-state index in [9.17, 15) is 14.7 Å². The largest absolute Gasteiger partial charge is 0.452 e. The first-order valence-electron chi connectivity index (χ1n) is 9.55. The molecule has 27 heavy (non-hydrogen) atoms. The van der Waals surface area contributed by atoms with Crippen LogP contribution in [0.15, 0.2) is 24.3 Å². The average Bonchev–Trinajstić information content (AvgIpc) is 2.59. The third-order valence-electron chi connectivity index (χ3n) is 6.38. The van der Waals surface area contributed by atoms with Crippen LogP contribution in [0.4, 0.5) is 5.69 Å². The van der Waals surface area contributed by atoms with Crippen molar-refractivity contribution in [1.29, 1.82) is 5.26 Å². The lowest BCUT2D eigenvalue weighted by molar-refractivity contribution is -0.199. The number of hydrogen-bond donors (Lipinski definition) is 2. The maximum absolute atomic E-state index is 13.0. The zero-order valence-corrected chi connectivity index (χ0v) is 15.4. The van der Waals surface area contributed by atoms with Crippen molar-refractivity contribution in [3.05, 3.63) is 29.8 Å². The topological polar surface area (TPSA) is 99.4 Å². The summed E-state index contributed by atoms with van der Waals surface area (Å²) in [6.45, 7) is 1.55. The standard InChI is InChI=1S/C21H24N2O4/c1-13(18(24)23-17-4-2-3-14(6-17)11-22)27-19(25)20-7-15-5-16(8-20)10-21(26,9-15)12-20/h2-4,6,13,15-16,26H,5,7-10,12H2,1H3,(H,23,24)/t13-,15-,16+,20?,21?/m1/s1. The summed E-state index contributed by atoms with van der Waals surface area (Å²) in [5, 5.41) is 22.4. The monoisotopic (exact) mass is 368 g/mol. The molecule has 1 aromatic carbocycles. The predicted octanol–water partition coefficient (Wildman–Crippen LogP) is 2.76. The second kappa shape index (κ2) is 6.35. The van der Waals surface area contributed by atoms with Gasteiger partial charge in [-0.1, -0.05) is 6.07 Å². The van der Waals surface area contributed by atoms with Crippen molar-refractivity contribution in [1.82, 2.24) is 0 Å². The number of nitriles is 1. The summed E-state index contributed by atoms with van der Waals surface area (Å²) in [6.07, 6.45) is 3.67. The highest BCUT2D eigenvalue weighted by atomic mass is 16.5. The van der Waals surface area contributed by atoms with E-state index >= 15 is 0 Å². The lowest BCUT2D eigenvalue weighted by atomic mass is 9.48. The number of esters is 1. The molecule has 6 nitrogen and oxygen atoms in total. The number of carbonyl (C=O) groups excluding carboxylic acids is 2. The van der Waals surface area contributed by atoms with Crippen molar-refractivity contribution < 1.29 is 19.4 Å². The number of carbonyl (C=O) groups is 2. The minimum absolute atomic E-state index is 0.358. The first kappa shape index (κ1) is 18.0. The van der Waals surface area contributed by atoms with Crippen molar-refractivity contribution in [2.24, 2.45) is 17.3 Å². The van der Waals surface area contributed by atoms with Gasteiger partial charge in [-0.15, -0.1) is 0 Å². The van der Waals surface area contributed by atoms with Gasteiger partial charge in [-0.25, -0.2) is 0 Å². The molecule has 0 aromatic heterocycles. The Hall–Kier alpha value is -2.39. The van der Waals surface area contributed by atoms with Crippen LogP contribution in [-0.4, -0.2) is 28.7 Å². The predicted molar refractivity (Wildman–Crippen MR) is 97.4 cm³/mol. The fourth-order valence-electron chi connectivity index (χ4n) is 5.70. The van der Waals surface area contributed by atoms with E-state index in [4.69, 9.17) is 10.00 Å². The Morgan fingerprint density at radius 3 is 2.63 bits per heavy atom. The molecule has 5 atom stereocenters. The van der Waals surface area contributed by atoms with E-state index in [1.807, 2.05) is 6.07 Å². The van der Waals surface area contributed by atoms with E-state index in [1.165, 1.54) is 0 Å².